The third-order valence-electron chi connectivity index (χ3n) is 12.1. The molecule has 12 nitrogen and oxygen atoms in total. The Labute approximate surface area is 349 Å². The Balaban J connectivity index is 1.18. The third kappa shape index (κ3) is 6.81. The van der Waals surface area contributed by atoms with Gasteiger partial charge in [-0.15, -0.1) is 23.5 Å². The van der Waals surface area contributed by atoms with Crippen molar-refractivity contribution in [3.8, 4) is 23.0 Å². The van der Waals surface area contributed by atoms with Crippen LogP contribution >= 0.6 is 23.5 Å². The summed E-state index contributed by atoms with van der Waals surface area (Å²) in [5, 5.41) is 32.9. The Kier molecular flexibility index (Phi) is 11.2. The highest BCUT2D eigenvalue weighted by atomic mass is 32.2. The molecule has 4 aromatic carbocycles. The Morgan fingerprint density at radius 2 is 1.56 bits per heavy atom. The molecular weight excluding hydrogens is 793 g/mol. The summed E-state index contributed by atoms with van der Waals surface area (Å²) >= 11 is 3.11. The summed E-state index contributed by atoms with van der Waals surface area (Å²) in [5.74, 6) is -2.06. The number of allylic oxidation sites excluding steroid dienone is 1. The molecule has 3 saturated heterocycles. The molecule has 0 bridgehead atoms. The average molecular weight is 835 g/mol. The van der Waals surface area contributed by atoms with E-state index in [0.717, 1.165) is 11.6 Å². The monoisotopic (exact) mass is 834 g/mol. The molecule has 4 aromatic rings. The molecule has 0 aromatic heterocycles. The van der Waals surface area contributed by atoms with E-state index in [9.17, 15) is 39.3 Å². The number of fused-ring (bicyclic) bond motifs is 3. The number of aldehydes is 1. The highest BCUT2D eigenvalue weighted by Crippen LogP contribution is 2.58. The number of aliphatic hydroxyl groups is 1. The van der Waals surface area contributed by atoms with Crippen LogP contribution in [0.15, 0.2) is 96.8 Å². The number of ketones is 4. The van der Waals surface area contributed by atoms with Gasteiger partial charge in [-0.2, -0.15) is 0 Å². The molecule has 0 radical (unpaired) electrons. The summed E-state index contributed by atoms with van der Waals surface area (Å²) in [4.78, 5) is 74.8. The number of methoxy groups -OCH3 is 2. The number of hydrogen-bond donors (Lipinski definition) is 3. The predicted molar refractivity (Wildman–Crippen MR) is 223 cm³/mol. The van der Waals surface area contributed by atoms with Gasteiger partial charge in [0.1, 0.15) is 0 Å². The van der Waals surface area contributed by atoms with Gasteiger partial charge in [-0.05, 0) is 41.8 Å². The number of ether oxygens (including phenoxy) is 2. The number of hydrogen-bond acceptors (Lipinski definition) is 14. The van der Waals surface area contributed by atoms with E-state index in [1.165, 1.54) is 32.0 Å². The van der Waals surface area contributed by atoms with Gasteiger partial charge in [-0.25, -0.2) is 0 Å². The number of thioether (sulfide) groups is 2. The molecule has 5 atom stereocenters. The summed E-state index contributed by atoms with van der Waals surface area (Å²) in [5.41, 5.74) is 0.403. The minimum absolute atomic E-state index is 0.0179. The predicted octanol–water partition coefficient (Wildman–Crippen LogP) is 6.10. The van der Waals surface area contributed by atoms with Crippen molar-refractivity contribution < 1.29 is 48.8 Å². The lowest BCUT2D eigenvalue weighted by Crippen LogP contribution is -2.56. The molecule has 3 aliphatic heterocycles. The van der Waals surface area contributed by atoms with Gasteiger partial charge in [-0.1, -0.05) is 60.7 Å². The molecule has 304 valence electrons. The van der Waals surface area contributed by atoms with E-state index in [0.29, 0.717) is 47.3 Å². The number of carbonyl (C=O) groups excluding carboxylic acids is 5. The largest absolute Gasteiger partial charge is 0.512 e. The molecule has 1 aliphatic carbocycles. The van der Waals surface area contributed by atoms with Crippen molar-refractivity contribution in [2.75, 3.05) is 37.5 Å². The number of Topliss-reactive ketones (excluding diaryl/α,β-unsaturated/α-hetero) is 3. The zero-order valence-corrected chi connectivity index (χ0v) is 33.9. The van der Waals surface area contributed by atoms with Crippen molar-refractivity contribution in [2.45, 2.75) is 42.4 Å². The lowest BCUT2D eigenvalue weighted by molar-refractivity contribution is -0.119. The molecule has 0 amide bonds. The molecular formula is C45H42N2O10S2. The minimum atomic E-state index is -1.77. The van der Waals surface area contributed by atoms with E-state index in [1.807, 2.05) is 15.9 Å². The molecule has 8 rings (SSSR count). The normalized spacial score (nSPS) is 23.0. The van der Waals surface area contributed by atoms with Crippen LogP contribution in [0.25, 0.3) is 0 Å². The molecule has 3 N–H and O–H groups in total. The Morgan fingerprint density at radius 1 is 0.864 bits per heavy atom. The molecule has 3 fully saturated rings. The van der Waals surface area contributed by atoms with E-state index < -0.39 is 52.6 Å². The maximum Gasteiger partial charge on any atom is 0.192 e. The van der Waals surface area contributed by atoms with E-state index >= 15 is 0 Å². The van der Waals surface area contributed by atoms with Crippen LogP contribution in [0.1, 0.15) is 64.9 Å². The molecule has 5 unspecified atom stereocenters. The van der Waals surface area contributed by atoms with Crippen LogP contribution in [0.4, 0.5) is 0 Å². The fourth-order valence-corrected chi connectivity index (χ4v) is 12.1. The molecule has 14 heteroatoms. The summed E-state index contributed by atoms with van der Waals surface area (Å²) in [6.45, 7) is 0. The fraction of sp³-hybridized carbons (Fsp3) is 0.311. The average Bonchev–Trinajstić information content (AvgIpc) is 4.02. The van der Waals surface area contributed by atoms with E-state index in [1.54, 1.807) is 84.6 Å². The summed E-state index contributed by atoms with van der Waals surface area (Å²) in [7, 11) is 2.85. The van der Waals surface area contributed by atoms with Crippen molar-refractivity contribution in [1.82, 2.24) is 9.80 Å². The van der Waals surface area contributed by atoms with Gasteiger partial charge in [0, 0.05) is 81.9 Å². The van der Waals surface area contributed by atoms with E-state index in [4.69, 9.17) is 9.47 Å². The minimum Gasteiger partial charge on any atom is -0.512 e. The SMILES string of the molecule is COc1ccc(CC2CSCN2C(C/C(O)=C/C(=O)C2C3CSCN3C3(C(=O)c4ccccc4C3=O)C2c2ccc(O)c(OC)c2)C(=O)c2ccccc2C=O)cc1O. The number of aromatic hydroxyl groups is 2. The van der Waals surface area contributed by atoms with Crippen LogP contribution in [0, 0.1) is 5.92 Å². The van der Waals surface area contributed by atoms with Gasteiger partial charge in [0.15, 0.2) is 58.0 Å². The van der Waals surface area contributed by atoms with Crippen molar-refractivity contribution in [1.29, 1.82) is 0 Å². The maximum atomic E-state index is 14.9. The van der Waals surface area contributed by atoms with Crippen LogP contribution in [-0.4, -0.2) is 116 Å². The standard InChI is InChI=1S/C45H42N2O10S2/c1-56-38-14-11-25(16-36(38)51)15-28-21-58-23-46(28)33(42(53)30-8-4-3-7-27(30)20-48)18-29(49)19-37(52)40-34-22-59-24-47(34)45(41(40)26-12-13-35(50)39(17-26)57-2)43(54)31-9-5-6-10-32(31)44(45)55/h3-14,16-17,19-20,28,33-34,40-41,49-51H,15,18,21-24H2,1-2H3/b29-19-. The molecule has 4 aliphatic rings. The van der Waals surface area contributed by atoms with Crippen molar-refractivity contribution in [2.24, 2.45) is 5.92 Å². The van der Waals surface area contributed by atoms with Gasteiger partial charge in [0.25, 0.3) is 0 Å². The lowest BCUT2D eigenvalue weighted by Gasteiger charge is -2.36. The first-order chi connectivity index (χ1) is 28.5. The summed E-state index contributed by atoms with van der Waals surface area (Å²) < 4.78 is 10.7. The van der Waals surface area contributed by atoms with Crippen molar-refractivity contribution in [3.05, 3.63) is 130 Å². The highest BCUT2D eigenvalue weighted by Gasteiger charge is 2.71. The van der Waals surface area contributed by atoms with Crippen molar-refractivity contribution >= 4 is 52.9 Å². The molecule has 1 spiro atoms. The van der Waals surface area contributed by atoms with Gasteiger partial charge < -0.3 is 24.8 Å². The Bertz CT molecular complexity index is 2360. The number of phenolic OH excluding ortho intramolecular Hbond substituents is 2. The smallest absolute Gasteiger partial charge is 0.192 e. The first-order valence-corrected chi connectivity index (χ1v) is 21.5. The van der Waals surface area contributed by atoms with Crippen LogP contribution in [0.5, 0.6) is 23.0 Å². The van der Waals surface area contributed by atoms with Crippen LogP contribution < -0.4 is 9.47 Å². The Hall–Kier alpha value is -5.41. The highest BCUT2D eigenvalue weighted by molar-refractivity contribution is 7.99. The zero-order valence-electron chi connectivity index (χ0n) is 32.3. The first kappa shape index (κ1) is 40.4. The van der Waals surface area contributed by atoms with Crippen LogP contribution in [0.2, 0.25) is 0 Å². The van der Waals surface area contributed by atoms with E-state index in [2.05, 4.69) is 0 Å². The molecule has 59 heavy (non-hydrogen) atoms. The molecule has 0 saturated carbocycles. The van der Waals surface area contributed by atoms with Crippen LogP contribution in [-0.2, 0) is 11.2 Å². The number of nitrogens with zero attached hydrogens (tertiary/aromatic N) is 2. The second-order valence-electron chi connectivity index (χ2n) is 15.1. The van der Waals surface area contributed by atoms with E-state index in [-0.39, 0.29) is 57.7 Å². The van der Waals surface area contributed by atoms with Gasteiger partial charge in [0.05, 0.1) is 26.0 Å². The third-order valence-corrected chi connectivity index (χ3v) is 14.2. The lowest BCUT2D eigenvalue weighted by atomic mass is 9.70. The number of aliphatic hydroxyl groups excluding tert-OH is 1. The van der Waals surface area contributed by atoms with Gasteiger partial charge >= 0.3 is 0 Å². The number of rotatable bonds is 13. The number of benzene rings is 4. The van der Waals surface area contributed by atoms with Crippen molar-refractivity contribution in [3.63, 3.8) is 0 Å². The summed E-state index contributed by atoms with van der Waals surface area (Å²) in [6.07, 6.45) is 1.92. The topological polar surface area (TPSA) is 171 Å². The fourth-order valence-electron chi connectivity index (χ4n) is 9.44. The molecule has 3 heterocycles. The van der Waals surface area contributed by atoms with Gasteiger partial charge in [0.2, 0.25) is 0 Å². The summed E-state index contributed by atoms with van der Waals surface area (Å²) in [6, 6.07) is 21.0. The quantitative estimate of drug-likeness (QED) is 0.0464. The Morgan fingerprint density at radius 3 is 2.25 bits per heavy atom. The first-order valence-electron chi connectivity index (χ1n) is 19.1. The number of phenols is 2. The maximum absolute atomic E-state index is 14.9. The second-order valence-corrected chi connectivity index (χ2v) is 17.1. The second kappa shape index (κ2) is 16.3. The van der Waals surface area contributed by atoms with Gasteiger partial charge in [-0.3, -0.25) is 33.8 Å². The number of carbonyl (C=O) groups is 5. The zero-order chi connectivity index (χ0) is 41.6. The van der Waals surface area contributed by atoms with Crippen LogP contribution in [0.3, 0.4) is 0 Å².